The van der Waals surface area contributed by atoms with Crippen molar-refractivity contribution in [2.24, 2.45) is 0 Å². The maximum absolute atomic E-state index is 12.2. The van der Waals surface area contributed by atoms with Crippen LogP contribution in [0.4, 0.5) is 0 Å². The van der Waals surface area contributed by atoms with Gasteiger partial charge in [0.05, 0.1) is 6.61 Å². The Morgan fingerprint density at radius 2 is 1.62 bits per heavy atom. The van der Waals surface area contributed by atoms with E-state index in [1.165, 1.54) is 11.1 Å². The Kier molecular flexibility index (Phi) is 7.66. The fourth-order valence-corrected chi connectivity index (χ4v) is 2.50. The average molecular weight is 326 g/mol. The van der Waals surface area contributed by atoms with Gasteiger partial charge in [0.25, 0.3) is 0 Å². The van der Waals surface area contributed by atoms with Gasteiger partial charge in [0.15, 0.2) is 5.78 Å². The highest BCUT2D eigenvalue weighted by Crippen LogP contribution is 2.12. The summed E-state index contributed by atoms with van der Waals surface area (Å²) in [6.07, 6.45) is 3.02. The van der Waals surface area contributed by atoms with E-state index in [4.69, 9.17) is 9.84 Å². The van der Waals surface area contributed by atoms with E-state index in [-0.39, 0.29) is 12.4 Å². The lowest BCUT2D eigenvalue weighted by molar-refractivity contribution is 0.0978. The van der Waals surface area contributed by atoms with Gasteiger partial charge in [0.1, 0.15) is 0 Å². The monoisotopic (exact) mass is 326 g/mol. The first-order valence-electron chi connectivity index (χ1n) is 8.55. The van der Waals surface area contributed by atoms with Crippen molar-refractivity contribution in [1.82, 2.24) is 0 Å². The summed E-state index contributed by atoms with van der Waals surface area (Å²) in [6, 6.07) is 16.1. The fraction of sp³-hybridized carbons (Fsp3) is 0.381. The Bertz CT molecular complexity index is 615. The first-order chi connectivity index (χ1) is 11.7. The molecule has 0 aliphatic rings. The van der Waals surface area contributed by atoms with Crippen LogP contribution < -0.4 is 0 Å². The van der Waals surface area contributed by atoms with Gasteiger partial charge in [-0.1, -0.05) is 54.1 Å². The summed E-state index contributed by atoms with van der Waals surface area (Å²) in [5.74, 6) is 0.190. The number of hydrogen-bond acceptors (Lipinski definition) is 3. The van der Waals surface area contributed by atoms with Gasteiger partial charge in [0.2, 0.25) is 0 Å². The van der Waals surface area contributed by atoms with Crippen molar-refractivity contribution in [1.29, 1.82) is 0 Å². The van der Waals surface area contributed by atoms with Crippen LogP contribution >= 0.6 is 0 Å². The molecule has 3 heteroatoms. The van der Waals surface area contributed by atoms with E-state index in [0.29, 0.717) is 26.1 Å². The molecule has 2 aromatic carbocycles. The molecule has 0 spiro atoms. The van der Waals surface area contributed by atoms with Gasteiger partial charge < -0.3 is 9.84 Å². The van der Waals surface area contributed by atoms with Crippen LogP contribution in [0.1, 0.15) is 46.3 Å². The Labute approximate surface area is 144 Å². The molecule has 0 heterocycles. The molecule has 0 unspecified atom stereocenters. The predicted octanol–water partition coefficient (Wildman–Crippen LogP) is 4.10. The zero-order valence-corrected chi connectivity index (χ0v) is 14.3. The zero-order chi connectivity index (χ0) is 17.2. The third-order valence-corrected chi connectivity index (χ3v) is 3.98. The van der Waals surface area contributed by atoms with Crippen molar-refractivity contribution in [3.8, 4) is 0 Å². The number of aryl methyl sites for hydroxylation is 2. The highest BCUT2D eigenvalue weighted by molar-refractivity contribution is 5.96. The van der Waals surface area contributed by atoms with Gasteiger partial charge in [-0.3, -0.25) is 4.79 Å². The Morgan fingerprint density at radius 3 is 2.29 bits per heavy atom. The van der Waals surface area contributed by atoms with Crippen LogP contribution in [0, 0.1) is 6.92 Å². The van der Waals surface area contributed by atoms with Crippen LogP contribution in [0.3, 0.4) is 0 Å². The normalized spacial score (nSPS) is 10.8. The number of aliphatic hydroxyl groups excluding tert-OH is 1. The standard InChI is InChI=1S/C21H26O3/c1-17-6-8-18(9-7-17)4-2-5-21(23)20-12-10-19(11-13-20)16-24-15-3-14-22/h6-13,22H,2-5,14-16H2,1H3. The Morgan fingerprint density at radius 1 is 0.958 bits per heavy atom. The fourth-order valence-electron chi connectivity index (χ4n) is 2.50. The molecule has 24 heavy (non-hydrogen) atoms. The van der Waals surface area contributed by atoms with E-state index in [0.717, 1.165) is 24.0 Å². The second-order valence-electron chi connectivity index (χ2n) is 6.09. The number of hydrogen-bond donors (Lipinski definition) is 1. The van der Waals surface area contributed by atoms with Gasteiger partial charge in [-0.25, -0.2) is 0 Å². The summed E-state index contributed by atoms with van der Waals surface area (Å²) in [6.45, 7) is 3.29. The summed E-state index contributed by atoms with van der Waals surface area (Å²) in [7, 11) is 0. The van der Waals surface area contributed by atoms with E-state index in [9.17, 15) is 4.79 Å². The molecule has 0 aliphatic heterocycles. The number of rotatable bonds is 10. The van der Waals surface area contributed by atoms with Crippen molar-refractivity contribution in [2.75, 3.05) is 13.2 Å². The molecule has 3 nitrogen and oxygen atoms in total. The highest BCUT2D eigenvalue weighted by Gasteiger charge is 2.06. The van der Waals surface area contributed by atoms with E-state index in [1.54, 1.807) is 0 Å². The summed E-state index contributed by atoms with van der Waals surface area (Å²) >= 11 is 0. The van der Waals surface area contributed by atoms with Crippen molar-refractivity contribution in [3.63, 3.8) is 0 Å². The SMILES string of the molecule is Cc1ccc(CCCC(=O)c2ccc(COCCCO)cc2)cc1. The van der Waals surface area contributed by atoms with Crippen LogP contribution in [0.25, 0.3) is 0 Å². The number of ether oxygens (including phenoxy) is 1. The predicted molar refractivity (Wildman–Crippen MR) is 96.2 cm³/mol. The first kappa shape index (κ1) is 18.4. The number of ketones is 1. The van der Waals surface area contributed by atoms with E-state index < -0.39 is 0 Å². The number of aliphatic hydroxyl groups is 1. The lowest BCUT2D eigenvalue weighted by atomic mass is 10.0. The summed E-state index contributed by atoms with van der Waals surface area (Å²) in [4.78, 5) is 12.2. The second-order valence-corrected chi connectivity index (χ2v) is 6.09. The lowest BCUT2D eigenvalue weighted by Crippen LogP contribution is -2.01. The second kappa shape index (κ2) is 10.0. The number of Topliss-reactive ketones (excluding diaryl/α,β-unsaturated/α-hetero) is 1. The molecule has 0 aliphatic carbocycles. The smallest absolute Gasteiger partial charge is 0.162 e. The average Bonchev–Trinajstić information content (AvgIpc) is 2.61. The molecule has 1 N–H and O–H groups in total. The molecule has 0 saturated heterocycles. The molecular formula is C21H26O3. The maximum Gasteiger partial charge on any atom is 0.162 e. The molecule has 0 fully saturated rings. The van der Waals surface area contributed by atoms with Crippen molar-refractivity contribution < 1.29 is 14.6 Å². The zero-order valence-electron chi connectivity index (χ0n) is 14.3. The van der Waals surface area contributed by atoms with E-state index in [2.05, 4.69) is 31.2 Å². The van der Waals surface area contributed by atoms with Gasteiger partial charge >= 0.3 is 0 Å². The van der Waals surface area contributed by atoms with Crippen molar-refractivity contribution in [3.05, 3.63) is 70.8 Å². The minimum Gasteiger partial charge on any atom is -0.396 e. The van der Waals surface area contributed by atoms with Gasteiger partial charge in [-0.15, -0.1) is 0 Å². The summed E-state index contributed by atoms with van der Waals surface area (Å²) in [5, 5.41) is 8.70. The van der Waals surface area contributed by atoms with Gasteiger partial charge in [-0.2, -0.15) is 0 Å². The molecule has 2 aromatic rings. The Balaban J connectivity index is 1.74. The quantitative estimate of drug-likeness (QED) is 0.528. The van der Waals surface area contributed by atoms with E-state index in [1.807, 2.05) is 24.3 Å². The number of carbonyl (C=O) groups excluding carboxylic acids is 1. The van der Waals surface area contributed by atoms with E-state index >= 15 is 0 Å². The Hall–Kier alpha value is -1.97. The summed E-state index contributed by atoms with van der Waals surface area (Å²) in [5.41, 5.74) is 4.35. The van der Waals surface area contributed by atoms with Crippen LogP contribution in [-0.2, 0) is 17.8 Å². The minimum atomic E-state index is 0.149. The van der Waals surface area contributed by atoms with Crippen LogP contribution in [0.5, 0.6) is 0 Å². The van der Waals surface area contributed by atoms with Crippen LogP contribution in [0.2, 0.25) is 0 Å². The lowest BCUT2D eigenvalue weighted by Gasteiger charge is -2.06. The van der Waals surface area contributed by atoms with Gasteiger partial charge in [-0.05, 0) is 37.3 Å². The van der Waals surface area contributed by atoms with Crippen molar-refractivity contribution in [2.45, 2.75) is 39.2 Å². The highest BCUT2D eigenvalue weighted by atomic mass is 16.5. The third kappa shape index (κ3) is 6.26. The molecule has 2 rings (SSSR count). The number of carbonyl (C=O) groups is 1. The van der Waals surface area contributed by atoms with Gasteiger partial charge in [0, 0.05) is 25.2 Å². The topological polar surface area (TPSA) is 46.5 Å². The third-order valence-electron chi connectivity index (χ3n) is 3.98. The largest absolute Gasteiger partial charge is 0.396 e. The van der Waals surface area contributed by atoms with Crippen LogP contribution in [0.15, 0.2) is 48.5 Å². The molecule has 0 bridgehead atoms. The maximum atomic E-state index is 12.2. The van der Waals surface area contributed by atoms with Crippen molar-refractivity contribution >= 4 is 5.78 Å². The molecule has 128 valence electrons. The summed E-state index contributed by atoms with van der Waals surface area (Å²) < 4.78 is 5.44. The number of benzene rings is 2. The minimum absolute atomic E-state index is 0.149. The molecule has 0 amide bonds. The molecular weight excluding hydrogens is 300 g/mol. The first-order valence-corrected chi connectivity index (χ1v) is 8.55. The molecule has 0 radical (unpaired) electrons. The molecule has 0 aromatic heterocycles. The van der Waals surface area contributed by atoms with Crippen LogP contribution in [-0.4, -0.2) is 24.1 Å². The molecule has 0 saturated carbocycles. The molecule has 0 atom stereocenters.